The van der Waals surface area contributed by atoms with Crippen molar-refractivity contribution in [2.45, 2.75) is 38.3 Å². The van der Waals surface area contributed by atoms with Crippen molar-refractivity contribution in [1.82, 2.24) is 10.3 Å². The van der Waals surface area contributed by atoms with E-state index in [-0.39, 0.29) is 17.9 Å². The first-order valence-electron chi connectivity index (χ1n) is 10.6. The number of para-hydroxylation sites is 2. The normalized spacial score (nSPS) is 15.7. The highest BCUT2D eigenvalue weighted by atomic mass is 32.1. The fourth-order valence-electron chi connectivity index (χ4n) is 4.08. The maximum atomic E-state index is 12.9. The molecule has 0 bridgehead atoms. The van der Waals surface area contributed by atoms with E-state index in [1.807, 2.05) is 55.6 Å². The summed E-state index contributed by atoms with van der Waals surface area (Å²) in [6, 6.07) is 11.9. The Morgan fingerprint density at radius 1 is 1.12 bits per heavy atom. The second-order valence-electron chi connectivity index (χ2n) is 8.22. The average Bonchev–Trinajstić information content (AvgIpc) is 3.46. The number of hydrogen-bond donors (Lipinski definition) is 3. The van der Waals surface area contributed by atoms with Crippen LogP contribution in [0, 0.1) is 0 Å². The monoisotopic (exact) mass is 469 g/mol. The number of nitrogens with one attached hydrogen (secondary N) is 2. The van der Waals surface area contributed by atoms with Gasteiger partial charge in [-0.3, -0.25) is 9.59 Å². The van der Waals surface area contributed by atoms with Crippen molar-refractivity contribution in [2.24, 2.45) is 5.73 Å². The Balaban J connectivity index is 1.48. The summed E-state index contributed by atoms with van der Waals surface area (Å²) in [6.07, 6.45) is 1.22. The van der Waals surface area contributed by atoms with Gasteiger partial charge in [0.2, 0.25) is 5.91 Å². The van der Waals surface area contributed by atoms with E-state index in [2.05, 4.69) is 20.5 Å². The summed E-state index contributed by atoms with van der Waals surface area (Å²) >= 11 is 3.07. The Labute approximate surface area is 195 Å². The molecule has 0 atom stereocenters. The molecule has 168 valence electrons. The summed E-state index contributed by atoms with van der Waals surface area (Å²) in [6.45, 7) is 5.36. The third-order valence-electron chi connectivity index (χ3n) is 5.62. The second-order valence-corrected chi connectivity index (χ2v) is 10.0. The van der Waals surface area contributed by atoms with Crippen molar-refractivity contribution in [3.63, 3.8) is 0 Å². The number of carbonyl (C=O) groups excluding carboxylic acids is 2. The molecule has 1 aliphatic heterocycles. The van der Waals surface area contributed by atoms with E-state index in [1.165, 1.54) is 11.3 Å². The van der Waals surface area contributed by atoms with Gasteiger partial charge in [0.25, 0.3) is 5.91 Å². The molecule has 0 spiro atoms. The Hall–Kier alpha value is -2.75. The van der Waals surface area contributed by atoms with Gasteiger partial charge in [0, 0.05) is 24.5 Å². The lowest BCUT2D eigenvalue weighted by atomic mass is 9.85. The Bertz CT molecular complexity index is 1090. The summed E-state index contributed by atoms with van der Waals surface area (Å²) in [5.74, 6) is -0.543. The van der Waals surface area contributed by atoms with Gasteiger partial charge in [-0.05, 0) is 50.3 Å². The number of rotatable bonds is 7. The molecule has 9 heteroatoms. The zero-order valence-electron chi connectivity index (χ0n) is 18.1. The summed E-state index contributed by atoms with van der Waals surface area (Å²) in [5, 5.41) is 11.0. The summed E-state index contributed by atoms with van der Waals surface area (Å²) in [7, 11) is 0. The van der Waals surface area contributed by atoms with Gasteiger partial charge in [0.1, 0.15) is 16.2 Å². The summed E-state index contributed by atoms with van der Waals surface area (Å²) < 4.78 is 0. The zero-order valence-corrected chi connectivity index (χ0v) is 19.8. The smallest absolute Gasteiger partial charge is 0.275 e. The minimum Gasteiger partial charge on any atom is -0.370 e. The molecule has 0 radical (unpaired) electrons. The molecule has 7 nitrogen and oxygen atoms in total. The number of primary amides is 1. The Morgan fingerprint density at radius 3 is 2.53 bits per heavy atom. The third-order valence-corrected chi connectivity index (χ3v) is 7.50. The fraction of sp³-hybridized carbons (Fsp3) is 0.348. The number of thiophene rings is 1. The van der Waals surface area contributed by atoms with Crippen molar-refractivity contribution in [1.29, 1.82) is 0 Å². The van der Waals surface area contributed by atoms with Crippen LogP contribution in [0.4, 0.5) is 11.4 Å². The molecule has 1 aromatic carbocycles. The minimum absolute atomic E-state index is 0.165. The standard InChI is InChI=1S/C23H27N5O2S2/c1-15(2)27-23(22(24)30)9-11-28(12-10-23)18-7-4-3-6-16(18)25-20(29)17-14-32-21(26-17)19-8-5-13-31-19/h3-8,13-15,27H,9-12H2,1-2H3,(H2,24,30)(H,25,29). The lowest BCUT2D eigenvalue weighted by molar-refractivity contribution is -0.125. The van der Waals surface area contributed by atoms with Crippen molar-refractivity contribution in [2.75, 3.05) is 23.3 Å². The van der Waals surface area contributed by atoms with Crippen LogP contribution >= 0.6 is 22.7 Å². The van der Waals surface area contributed by atoms with Crippen LogP contribution in [-0.2, 0) is 4.79 Å². The Morgan fingerprint density at radius 2 is 1.88 bits per heavy atom. The predicted molar refractivity (Wildman–Crippen MR) is 131 cm³/mol. The van der Waals surface area contributed by atoms with Crippen molar-refractivity contribution in [3.05, 3.63) is 52.9 Å². The first-order chi connectivity index (χ1) is 15.4. The first kappa shape index (κ1) is 22.4. The van der Waals surface area contributed by atoms with E-state index in [4.69, 9.17) is 5.73 Å². The molecule has 4 N–H and O–H groups in total. The molecule has 0 aliphatic carbocycles. The SMILES string of the molecule is CC(C)NC1(C(N)=O)CCN(c2ccccc2NC(=O)c2csc(-c3cccs3)n2)CC1. The molecule has 2 amide bonds. The van der Waals surface area contributed by atoms with E-state index < -0.39 is 5.54 Å². The highest BCUT2D eigenvalue weighted by Gasteiger charge is 2.40. The van der Waals surface area contributed by atoms with Gasteiger partial charge in [-0.2, -0.15) is 0 Å². The molecular weight excluding hydrogens is 442 g/mol. The van der Waals surface area contributed by atoms with Crippen LogP contribution in [0.25, 0.3) is 9.88 Å². The number of hydrogen-bond acceptors (Lipinski definition) is 7. The van der Waals surface area contributed by atoms with Crippen LogP contribution in [0.1, 0.15) is 37.2 Å². The highest BCUT2D eigenvalue weighted by molar-refractivity contribution is 7.20. The molecule has 3 aromatic rings. The lowest BCUT2D eigenvalue weighted by Gasteiger charge is -2.42. The van der Waals surface area contributed by atoms with Crippen molar-refractivity contribution < 1.29 is 9.59 Å². The van der Waals surface area contributed by atoms with Gasteiger partial charge in [-0.1, -0.05) is 18.2 Å². The van der Waals surface area contributed by atoms with Crippen molar-refractivity contribution in [3.8, 4) is 9.88 Å². The number of nitrogens with two attached hydrogens (primary N) is 1. The zero-order chi connectivity index (χ0) is 22.7. The Kier molecular flexibility index (Phi) is 6.59. The number of aromatic nitrogens is 1. The van der Waals surface area contributed by atoms with Crippen LogP contribution < -0.4 is 21.3 Å². The number of nitrogens with zero attached hydrogens (tertiary/aromatic N) is 2. The number of benzene rings is 1. The average molecular weight is 470 g/mol. The van der Waals surface area contributed by atoms with Crippen LogP contribution in [0.5, 0.6) is 0 Å². The van der Waals surface area contributed by atoms with E-state index in [0.29, 0.717) is 31.6 Å². The molecular formula is C23H27N5O2S2. The maximum Gasteiger partial charge on any atom is 0.275 e. The van der Waals surface area contributed by atoms with Gasteiger partial charge in [0.05, 0.1) is 16.3 Å². The quantitative estimate of drug-likeness (QED) is 0.487. The number of carbonyl (C=O) groups is 2. The summed E-state index contributed by atoms with van der Waals surface area (Å²) in [5.41, 5.74) is 7.12. The molecule has 0 saturated carbocycles. The molecule has 2 aromatic heterocycles. The van der Waals surface area contributed by atoms with E-state index in [1.54, 1.807) is 16.7 Å². The number of anilines is 2. The van der Waals surface area contributed by atoms with Gasteiger partial charge in [-0.15, -0.1) is 22.7 Å². The number of thiazole rings is 1. The van der Waals surface area contributed by atoms with E-state index in [0.717, 1.165) is 21.3 Å². The van der Waals surface area contributed by atoms with Crippen LogP contribution in [0.3, 0.4) is 0 Å². The fourth-order valence-corrected chi connectivity index (χ4v) is 5.69. The predicted octanol–water partition coefficient (Wildman–Crippen LogP) is 3.95. The minimum atomic E-state index is -0.693. The lowest BCUT2D eigenvalue weighted by Crippen LogP contribution is -2.62. The van der Waals surface area contributed by atoms with Crippen molar-refractivity contribution >= 4 is 45.9 Å². The molecule has 0 unspecified atom stereocenters. The molecule has 4 rings (SSSR count). The van der Waals surface area contributed by atoms with Crippen LogP contribution in [0.2, 0.25) is 0 Å². The first-order valence-corrected chi connectivity index (χ1v) is 12.4. The third kappa shape index (κ3) is 4.69. The highest BCUT2D eigenvalue weighted by Crippen LogP contribution is 2.33. The number of amides is 2. The van der Waals surface area contributed by atoms with Gasteiger partial charge < -0.3 is 21.3 Å². The topological polar surface area (TPSA) is 100 Å². The molecule has 1 fully saturated rings. The van der Waals surface area contributed by atoms with Gasteiger partial charge >= 0.3 is 0 Å². The largest absolute Gasteiger partial charge is 0.370 e. The molecule has 1 saturated heterocycles. The van der Waals surface area contributed by atoms with Gasteiger partial charge in [0.15, 0.2) is 0 Å². The molecule has 1 aliphatic rings. The summed E-state index contributed by atoms with van der Waals surface area (Å²) in [4.78, 5) is 32.8. The van der Waals surface area contributed by atoms with Crippen LogP contribution in [0.15, 0.2) is 47.2 Å². The van der Waals surface area contributed by atoms with Crippen LogP contribution in [-0.4, -0.2) is 41.5 Å². The molecule has 3 heterocycles. The van der Waals surface area contributed by atoms with E-state index in [9.17, 15) is 9.59 Å². The second kappa shape index (κ2) is 9.40. The molecule has 32 heavy (non-hydrogen) atoms. The van der Waals surface area contributed by atoms with E-state index >= 15 is 0 Å². The number of piperidine rings is 1. The van der Waals surface area contributed by atoms with Gasteiger partial charge in [-0.25, -0.2) is 4.98 Å². The maximum absolute atomic E-state index is 12.9.